The molecule has 0 saturated carbocycles. The molecule has 40 heteroatoms. The summed E-state index contributed by atoms with van der Waals surface area (Å²) in [4.78, 5) is 315. The van der Waals surface area contributed by atoms with Crippen molar-refractivity contribution in [3.63, 3.8) is 0 Å². The molecule has 0 aromatic rings. The molecule has 0 saturated heterocycles. The number of nitrogens with one attached hydrogen (secondary N) is 9. The highest BCUT2D eigenvalue weighted by Crippen LogP contribution is 2.40. The van der Waals surface area contributed by atoms with Crippen LogP contribution in [0.25, 0.3) is 0 Å². The van der Waals surface area contributed by atoms with Gasteiger partial charge >= 0.3 is 17.9 Å². The number of carboxylic acids is 3. The van der Waals surface area contributed by atoms with E-state index in [9.17, 15) is 135 Å². The summed E-state index contributed by atoms with van der Waals surface area (Å²) >= 11 is 0. The van der Waals surface area contributed by atoms with Crippen LogP contribution in [0.4, 0.5) is 0 Å². The third kappa shape index (κ3) is 52.5. The summed E-state index contributed by atoms with van der Waals surface area (Å²) in [5.41, 5.74) is -1.23. The molecule has 40 nitrogen and oxygen atoms in total. The monoisotopic (exact) mass is 1570 g/mol. The van der Waals surface area contributed by atoms with E-state index >= 15 is 0 Å². The molecule has 0 aliphatic carbocycles. The molecule has 0 unspecified atom stereocenters. The van der Waals surface area contributed by atoms with Gasteiger partial charge in [-0.2, -0.15) is 0 Å². The quantitative estimate of drug-likeness (QED) is 0.0265. The predicted molar refractivity (Wildman–Crippen MR) is 385 cm³/mol. The number of ketones is 10. The first-order chi connectivity index (χ1) is 52.3. The van der Waals surface area contributed by atoms with E-state index in [1.165, 1.54) is 6.92 Å². The molecule has 0 aliphatic rings. The van der Waals surface area contributed by atoms with Crippen molar-refractivity contribution in [2.24, 2.45) is 5.41 Å². The SMILES string of the molecule is CCCNC(=O)CC(=O)NCC(=O)CCC(=O)N(CC(=O)O)CC(=O)CCC(=O)NCC(=O)CCC(CCC(C)=O)(CCC(=O)CNC(=O)CCC(=O)CN(CC(=O)O)C(=O)CCC(=O)CNC(=O)CC(=O)NCCC)CCC(=O)CNC(=O)CCC(=O)CN(CC(=O)O)C(=O)CCC(=O)CNC(=O)CC(=O)NCCC. The van der Waals surface area contributed by atoms with Gasteiger partial charge in [-0.1, -0.05) is 20.8 Å². The summed E-state index contributed by atoms with van der Waals surface area (Å²) in [6.07, 6.45) is -7.96. The van der Waals surface area contributed by atoms with Crippen LogP contribution < -0.4 is 47.9 Å². The maximum atomic E-state index is 13.5. The summed E-state index contributed by atoms with van der Waals surface area (Å²) < 4.78 is 0. The fraction of sp³-hybridized carbons (Fsp3) is 0.648. The van der Waals surface area contributed by atoms with Gasteiger partial charge in [0.05, 0.1) is 58.9 Å². The Hall–Kier alpha value is -11.2. The highest BCUT2D eigenvalue weighted by Gasteiger charge is 2.33. The summed E-state index contributed by atoms with van der Waals surface area (Å²) in [7, 11) is 0. The fourth-order valence-electron chi connectivity index (χ4n) is 10.0. The summed E-state index contributed by atoms with van der Waals surface area (Å²) in [5.74, 6) is -20.4. The molecule has 0 fully saturated rings. The van der Waals surface area contributed by atoms with Gasteiger partial charge in [0.2, 0.25) is 70.9 Å². The second-order valence-corrected chi connectivity index (χ2v) is 26.2. The smallest absolute Gasteiger partial charge is 0.323 e. The van der Waals surface area contributed by atoms with Crippen LogP contribution in [0.3, 0.4) is 0 Å². The third-order valence-corrected chi connectivity index (χ3v) is 16.3. The second-order valence-electron chi connectivity index (χ2n) is 26.2. The number of hydrogen-bond donors (Lipinski definition) is 12. The van der Waals surface area contributed by atoms with Crippen LogP contribution in [0.1, 0.15) is 195 Å². The summed E-state index contributed by atoms with van der Waals surface area (Å²) in [6, 6.07) is 0. The molecule has 12 N–H and O–H groups in total. The number of carbonyl (C=O) groups excluding carboxylic acids is 22. The number of Topliss-reactive ketones (excluding diaryl/α,β-unsaturated/α-hetero) is 10. The van der Waals surface area contributed by atoms with Crippen molar-refractivity contribution in [2.45, 2.75) is 195 Å². The number of amides is 12. The van der Waals surface area contributed by atoms with Gasteiger partial charge in [-0.15, -0.1) is 0 Å². The van der Waals surface area contributed by atoms with Gasteiger partial charge in [0, 0.05) is 122 Å². The van der Waals surface area contributed by atoms with Gasteiger partial charge in [0.1, 0.15) is 44.7 Å². The first-order valence-corrected chi connectivity index (χ1v) is 36.3. The highest BCUT2D eigenvalue weighted by atomic mass is 16.4. The molecular weight excluding hydrogens is 1470 g/mol. The van der Waals surface area contributed by atoms with Crippen molar-refractivity contribution >= 4 is 147 Å². The zero-order valence-electron chi connectivity index (χ0n) is 63.4. The van der Waals surface area contributed by atoms with E-state index in [0.717, 1.165) is 0 Å². The van der Waals surface area contributed by atoms with Crippen molar-refractivity contribution in [2.75, 3.05) is 98.2 Å². The van der Waals surface area contributed by atoms with Crippen LogP contribution in [0.5, 0.6) is 0 Å². The van der Waals surface area contributed by atoms with Gasteiger partial charge in [-0.25, -0.2) is 0 Å². The van der Waals surface area contributed by atoms with Gasteiger partial charge < -0.3 is 82.7 Å². The fourth-order valence-corrected chi connectivity index (χ4v) is 10.0. The Morgan fingerprint density at radius 3 is 0.676 bits per heavy atom. The van der Waals surface area contributed by atoms with Gasteiger partial charge in [0.15, 0.2) is 52.0 Å². The number of carbonyl (C=O) groups is 25. The molecule has 12 amide bonds. The minimum Gasteiger partial charge on any atom is -0.480 e. The Balaban J connectivity index is 6.20. The Bertz CT molecular complexity index is 3040. The Kier molecular flexibility index (Phi) is 51.2. The first-order valence-electron chi connectivity index (χ1n) is 36.3. The van der Waals surface area contributed by atoms with Gasteiger partial charge in [0.25, 0.3) is 0 Å². The Morgan fingerprint density at radius 2 is 0.450 bits per heavy atom. The maximum Gasteiger partial charge on any atom is 0.323 e. The van der Waals surface area contributed by atoms with Crippen LogP contribution in [0.2, 0.25) is 0 Å². The number of carboxylic acid groups (broad SMARTS) is 3. The van der Waals surface area contributed by atoms with Crippen molar-refractivity contribution in [3.8, 4) is 0 Å². The molecule has 0 rings (SSSR count). The predicted octanol–water partition coefficient (Wildman–Crippen LogP) is -3.33. The molecule has 0 aromatic carbocycles. The summed E-state index contributed by atoms with van der Waals surface area (Å²) in [5, 5.41) is 49.5. The van der Waals surface area contributed by atoms with Crippen molar-refractivity contribution < 1.29 is 135 Å². The van der Waals surface area contributed by atoms with E-state index in [4.69, 9.17) is 0 Å². The molecule has 0 heterocycles. The van der Waals surface area contributed by atoms with Crippen molar-refractivity contribution in [1.82, 2.24) is 62.6 Å². The molecule has 618 valence electrons. The van der Waals surface area contributed by atoms with Gasteiger partial charge in [-0.05, 0) is 57.3 Å². The number of rotatable bonds is 66. The zero-order valence-corrected chi connectivity index (χ0v) is 63.4. The average molecular weight is 1580 g/mol. The van der Waals surface area contributed by atoms with Crippen LogP contribution >= 0.6 is 0 Å². The first kappa shape index (κ1) is 99.8. The number of hydrogen-bond acceptors (Lipinski definition) is 25. The molecular formula is C71H106N12O28. The lowest BCUT2D eigenvalue weighted by molar-refractivity contribution is -0.146. The van der Waals surface area contributed by atoms with E-state index < -0.39 is 321 Å². The molecule has 0 aromatic heterocycles. The third-order valence-electron chi connectivity index (χ3n) is 16.3. The van der Waals surface area contributed by atoms with Crippen LogP contribution in [0, 0.1) is 5.41 Å². The Labute approximate surface area is 640 Å². The number of nitrogens with zero attached hydrogens (tertiary/aromatic N) is 3. The molecule has 0 atom stereocenters. The lowest BCUT2D eigenvalue weighted by Crippen LogP contribution is -2.40. The van der Waals surface area contributed by atoms with E-state index in [0.29, 0.717) is 53.6 Å². The van der Waals surface area contributed by atoms with Crippen LogP contribution in [-0.2, 0) is 120 Å². The summed E-state index contributed by atoms with van der Waals surface area (Å²) in [6.45, 7) is -1.16. The van der Waals surface area contributed by atoms with Gasteiger partial charge in [-0.3, -0.25) is 115 Å². The molecule has 0 aliphatic heterocycles. The Morgan fingerprint density at radius 1 is 0.243 bits per heavy atom. The lowest BCUT2D eigenvalue weighted by atomic mass is 9.70. The minimum atomic E-state index is -1.52. The zero-order chi connectivity index (χ0) is 84.0. The van der Waals surface area contributed by atoms with Crippen LogP contribution in [-0.4, -0.2) is 275 Å². The maximum absolute atomic E-state index is 13.5. The largest absolute Gasteiger partial charge is 0.480 e. The van der Waals surface area contributed by atoms with E-state index in [-0.39, 0.29) is 57.1 Å². The highest BCUT2D eigenvalue weighted by molar-refractivity contribution is 6.02. The molecule has 0 radical (unpaired) electrons. The molecule has 0 bridgehead atoms. The standard InChI is InChI=1S/C71H106N12O28/c1-5-28-72-59(97)31-62(100)78-34-47(85)11-17-65(103)81(43-68(106)107)40-53(91)8-14-56(94)75-37-50(88)21-25-71(24-20-46(4)84,26-22-51(89)38-76-57(95)15-9-54(92)41-82(44-69(108)109)66(104)18-12-48(86)35-79-63(101)32-60(98)73-29-6-2)27-23-52(90)39-77-58(96)16-10-55(93)42-83(45-70(110)111)67(105)19-13-49(87)36-80-64(102)33-61(99)74-30-7-3/h5-45H2,1-4H3,(H,72,97)(H,73,98)(H,74,99)(H,75,94)(H,76,95)(H,77,96)(H,78,100)(H,79,101)(H,80,102)(H,106,107)(H,108,109)(H,110,111). The minimum absolute atomic E-state index is 0.0447. The van der Waals surface area contributed by atoms with E-state index in [1.807, 2.05) is 0 Å². The topological polar surface area (TPSA) is 605 Å². The average Bonchev–Trinajstić information content (AvgIpc) is 0.835. The van der Waals surface area contributed by atoms with Crippen molar-refractivity contribution in [3.05, 3.63) is 0 Å². The normalized spacial score (nSPS) is 10.7. The van der Waals surface area contributed by atoms with Crippen molar-refractivity contribution in [1.29, 1.82) is 0 Å². The van der Waals surface area contributed by atoms with E-state index in [2.05, 4.69) is 47.9 Å². The molecule has 111 heavy (non-hydrogen) atoms. The lowest BCUT2D eigenvalue weighted by Gasteiger charge is -2.34. The van der Waals surface area contributed by atoms with Crippen LogP contribution in [0.15, 0.2) is 0 Å². The van der Waals surface area contributed by atoms with E-state index in [1.54, 1.807) is 20.8 Å². The second kappa shape index (κ2) is 56.9. The molecule has 0 spiro atoms. The number of aliphatic carboxylic acids is 3.